The molecule has 0 saturated carbocycles. The number of aromatic nitrogens is 4. The molecule has 1 saturated heterocycles. The third-order valence-corrected chi connectivity index (χ3v) is 4.86. The molecule has 0 bridgehead atoms. The van der Waals surface area contributed by atoms with Crippen LogP contribution in [0.4, 0.5) is 10.1 Å². The van der Waals surface area contributed by atoms with Crippen LogP contribution >= 0.6 is 0 Å². The van der Waals surface area contributed by atoms with Gasteiger partial charge in [0.25, 0.3) is 0 Å². The van der Waals surface area contributed by atoms with Crippen LogP contribution in [0.5, 0.6) is 0 Å². The van der Waals surface area contributed by atoms with Crippen LogP contribution in [0.3, 0.4) is 0 Å². The summed E-state index contributed by atoms with van der Waals surface area (Å²) in [5.41, 5.74) is 2.60. The van der Waals surface area contributed by atoms with Crippen molar-refractivity contribution < 1.29 is 9.18 Å². The summed E-state index contributed by atoms with van der Waals surface area (Å²) in [5, 5.41) is 12.3. The quantitative estimate of drug-likeness (QED) is 0.694. The normalized spacial score (nSPS) is 14.4. The van der Waals surface area contributed by atoms with Gasteiger partial charge < -0.3 is 9.80 Å². The number of rotatable bonds is 4. The molecule has 1 aromatic heterocycles. The summed E-state index contributed by atoms with van der Waals surface area (Å²) in [4.78, 5) is 17.6. The van der Waals surface area contributed by atoms with Crippen molar-refractivity contribution in [1.82, 2.24) is 25.1 Å². The van der Waals surface area contributed by atoms with Gasteiger partial charge >= 0.3 is 0 Å². The molecular weight excluding hydrogens is 359 g/mol. The lowest BCUT2D eigenvalue weighted by molar-refractivity contribution is -0.132. The Morgan fingerprint density at radius 2 is 1.75 bits per heavy atom. The van der Waals surface area contributed by atoms with E-state index in [-0.39, 0.29) is 18.3 Å². The highest BCUT2D eigenvalue weighted by Gasteiger charge is 2.23. The molecule has 1 aliphatic heterocycles. The van der Waals surface area contributed by atoms with Gasteiger partial charge in [-0.2, -0.15) is 4.80 Å². The molecule has 4 rings (SSSR count). The van der Waals surface area contributed by atoms with Crippen molar-refractivity contribution in [3.8, 4) is 11.4 Å². The lowest BCUT2D eigenvalue weighted by Crippen LogP contribution is -2.50. The molecule has 0 radical (unpaired) electrons. The SMILES string of the molecule is Cc1ccc(-c2nnn(CC(=O)N3CCN(c4ccccc4F)CC3)n2)cc1. The lowest BCUT2D eigenvalue weighted by Gasteiger charge is -2.36. The second kappa shape index (κ2) is 7.75. The number of benzene rings is 2. The third-order valence-electron chi connectivity index (χ3n) is 4.86. The first kappa shape index (κ1) is 18.1. The Bertz CT molecular complexity index is 963. The van der Waals surface area contributed by atoms with E-state index in [1.165, 1.54) is 10.9 Å². The van der Waals surface area contributed by atoms with E-state index in [9.17, 15) is 9.18 Å². The van der Waals surface area contributed by atoms with Crippen molar-refractivity contribution in [3.63, 3.8) is 0 Å². The predicted octanol–water partition coefficient (Wildman–Crippen LogP) is 2.14. The fourth-order valence-corrected chi connectivity index (χ4v) is 3.25. The van der Waals surface area contributed by atoms with Crippen molar-refractivity contribution in [2.75, 3.05) is 31.1 Å². The zero-order valence-corrected chi connectivity index (χ0v) is 15.6. The number of nitrogens with zero attached hydrogens (tertiary/aromatic N) is 6. The number of halogens is 1. The summed E-state index contributed by atoms with van der Waals surface area (Å²) in [7, 11) is 0. The molecule has 8 heteroatoms. The van der Waals surface area contributed by atoms with Crippen LogP contribution in [-0.4, -0.2) is 57.2 Å². The fourth-order valence-electron chi connectivity index (χ4n) is 3.25. The Morgan fingerprint density at radius 1 is 1.04 bits per heavy atom. The Labute approximate surface area is 162 Å². The van der Waals surface area contributed by atoms with Gasteiger partial charge in [0.05, 0.1) is 5.69 Å². The molecular formula is C20H21FN6O. The number of anilines is 1. The van der Waals surface area contributed by atoms with Gasteiger partial charge in [0.1, 0.15) is 12.4 Å². The van der Waals surface area contributed by atoms with E-state index < -0.39 is 0 Å². The number of carbonyl (C=O) groups is 1. The van der Waals surface area contributed by atoms with E-state index in [4.69, 9.17) is 0 Å². The number of hydrogen-bond donors (Lipinski definition) is 0. The van der Waals surface area contributed by atoms with E-state index >= 15 is 0 Å². The van der Waals surface area contributed by atoms with Crippen LogP contribution in [0.15, 0.2) is 48.5 Å². The summed E-state index contributed by atoms with van der Waals surface area (Å²) < 4.78 is 13.9. The summed E-state index contributed by atoms with van der Waals surface area (Å²) in [6.07, 6.45) is 0. The monoisotopic (exact) mass is 380 g/mol. The van der Waals surface area contributed by atoms with E-state index in [0.717, 1.165) is 11.1 Å². The molecule has 2 aromatic carbocycles. The molecule has 2 heterocycles. The molecule has 1 fully saturated rings. The molecule has 0 N–H and O–H groups in total. The third kappa shape index (κ3) is 3.85. The van der Waals surface area contributed by atoms with Crippen molar-refractivity contribution in [3.05, 3.63) is 59.9 Å². The van der Waals surface area contributed by atoms with Crippen LogP contribution in [0.1, 0.15) is 5.56 Å². The van der Waals surface area contributed by atoms with E-state index in [2.05, 4.69) is 15.4 Å². The zero-order valence-electron chi connectivity index (χ0n) is 15.6. The minimum atomic E-state index is -0.238. The number of para-hydroxylation sites is 1. The van der Waals surface area contributed by atoms with E-state index in [1.807, 2.05) is 42.2 Å². The Hall–Kier alpha value is -3.29. The minimum Gasteiger partial charge on any atom is -0.366 e. The first-order valence-corrected chi connectivity index (χ1v) is 9.22. The van der Waals surface area contributed by atoms with Crippen LogP contribution in [0, 0.1) is 12.7 Å². The molecule has 0 aliphatic carbocycles. The van der Waals surface area contributed by atoms with Gasteiger partial charge in [-0.15, -0.1) is 10.2 Å². The topological polar surface area (TPSA) is 67.2 Å². The van der Waals surface area contributed by atoms with Crippen LogP contribution in [0.25, 0.3) is 11.4 Å². The predicted molar refractivity (Wildman–Crippen MR) is 103 cm³/mol. The number of carbonyl (C=O) groups excluding carboxylic acids is 1. The largest absolute Gasteiger partial charge is 0.366 e. The van der Waals surface area contributed by atoms with Crippen molar-refractivity contribution >= 4 is 11.6 Å². The maximum atomic E-state index is 13.9. The number of hydrogen-bond acceptors (Lipinski definition) is 5. The van der Waals surface area contributed by atoms with Gasteiger partial charge in [0.15, 0.2) is 0 Å². The van der Waals surface area contributed by atoms with Crippen LogP contribution in [-0.2, 0) is 11.3 Å². The van der Waals surface area contributed by atoms with Gasteiger partial charge in [-0.25, -0.2) is 4.39 Å². The van der Waals surface area contributed by atoms with Gasteiger partial charge in [0.2, 0.25) is 11.7 Å². The molecule has 1 aliphatic rings. The molecule has 3 aromatic rings. The lowest BCUT2D eigenvalue weighted by atomic mass is 10.1. The van der Waals surface area contributed by atoms with Gasteiger partial charge in [-0.1, -0.05) is 42.0 Å². The average Bonchev–Trinajstić information content (AvgIpc) is 3.17. The van der Waals surface area contributed by atoms with E-state index in [0.29, 0.717) is 37.7 Å². The maximum Gasteiger partial charge on any atom is 0.246 e. The summed E-state index contributed by atoms with van der Waals surface area (Å²) in [6.45, 7) is 4.30. The fraction of sp³-hybridized carbons (Fsp3) is 0.300. The van der Waals surface area contributed by atoms with Gasteiger partial charge in [-0.05, 0) is 24.3 Å². The molecule has 144 valence electrons. The highest BCUT2D eigenvalue weighted by molar-refractivity contribution is 5.76. The molecule has 0 spiro atoms. The number of amides is 1. The van der Waals surface area contributed by atoms with Gasteiger partial charge in [0, 0.05) is 31.7 Å². The van der Waals surface area contributed by atoms with Crippen molar-refractivity contribution in [2.45, 2.75) is 13.5 Å². The Balaban J connectivity index is 1.35. The highest BCUT2D eigenvalue weighted by Crippen LogP contribution is 2.20. The van der Waals surface area contributed by atoms with E-state index in [1.54, 1.807) is 17.0 Å². The number of tetrazole rings is 1. The molecule has 0 unspecified atom stereocenters. The Kier molecular flexibility index (Phi) is 5.01. The summed E-state index contributed by atoms with van der Waals surface area (Å²) >= 11 is 0. The minimum absolute atomic E-state index is 0.0402. The van der Waals surface area contributed by atoms with Crippen molar-refractivity contribution in [1.29, 1.82) is 0 Å². The smallest absolute Gasteiger partial charge is 0.246 e. The van der Waals surface area contributed by atoms with Crippen LogP contribution < -0.4 is 4.90 Å². The zero-order chi connectivity index (χ0) is 19.5. The maximum absolute atomic E-state index is 13.9. The first-order chi connectivity index (χ1) is 13.6. The number of aryl methyl sites for hydroxylation is 1. The number of piperazine rings is 1. The second-order valence-electron chi connectivity index (χ2n) is 6.83. The Morgan fingerprint density at radius 3 is 2.46 bits per heavy atom. The van der Waals surface area contributed by atoms with Crippen molar-refractivity contribution in [2.24, 2.45) is 0 Å². The summed E-state index contributed by atoms with van der Waals surface area (Å²) in [6, 6.07) is 14.5. The molecule has 28 heavy (non-hydrogen) atoms. The highest BCUT2D eigenvalue weighted by atomic mass is 19.1. The average molecular weight is 380 g/mol. The first-order valence-electron chi connectivity index (χ1n) is 9.22. The summed E-state index contributed by atoms with van der Waals surface area (Å²) in [5.74, 6) is 0.191. The van der Waals surface area contributed by atoms with Crippen LogP contribution in [0.2, 0.25) is 0 Å². The second-order valence-corrected chi connectivity index (χ2v) is 6.83. The molecule has 0 atom stereocenters. The molecule has 1 amide bonds. The van der Waals surface area contributed by atoms with Gasteiger partial charge in [-0.3, -0.25) is 4.79 Å². The standard InChI is InChI=1S/C20H21FN6O/c1-15-6-8-16(9-7-15)20-22-24-27(23-20)14-19(28)26-12-10-25(11-13-26)18-5-3-2-4-17(18)21/h2-9H,10-14H2,1H3. The molecule has 7 nitrogen and oxygen atoms in total.